The van der Waals surface area contributed by atoms with Gasteiger partial charge in [0.2, 0.25) is 5.91 Å². The highest BCUT2D eigenvalue weighted by atomic mass is 19.1. The van der Waals surface area contributed by atoms with Crippen LogP contribution in [0, 0.1) is 5.82 Å². The topological polar surface area (TPSA) is 108 Å². The number of carbonyl (C=O) groups is 4. The van der Waals surface area contributed by atoms with Crippen molar-refractivity contribution in [2.24, 2.45) is 0 Å². The van der Waals surface area contributed by atoms with Crippen LogP contribution in [0.2, 0.25) is 0 Å². The molecule has 2 aliphatic heterocycles. The molecule has 1 aromatic rings. The fourth-order valence-corrected chi connectivity index (χ4v) is 3.57. The molecule has 5 amide bonds. The summed E-state index contributed by atoms with van der Waals surface area (Å²) in [6.07, 6.45) is 0.692. The maximum atomic E-state index is 13.2. The summed E-state index contributed by atoms with van der Waals surface area (Å²) in [5.74, 6) is -1.50. The van der Waals surface area contributed by atoms with Crippen molar-refractivity contribution in [1.29, 1.82) is 0 Å². The number of rotatable bonds is 4. The molecule has 2 heterocycles. The Hall–Kier alpha value is -3.17. The molecule has 1 atom stereocenters. The van der Waals surface area contributed by atoms with Gasteiger partial charge in [-0.2, -0.15) is 0 Å². The van der Waals surface area contributed by atoms with Crippen LogP contribution in [-0.4, -0.2) is 66.5 Å². The second-order valence-electron chi connectivity index (χ2n) is 7.25. The third-order valence-electron chi connectivity index (χ3n) is 5.29. The van der Waals surface area contributed by atoms with Crippen LogP contribution in [0.1, 0.15) is 25.3 Å². The lowest BCUT2D eigenvalue weighted by molar-refractivity contribution is -0.135. The Morgan fingerprint density at radius 1 is 1.24 bits per heavy atom. The van der Waals surface area contributed by atoms with Gasteiger partial charge >= 0.3 is 12.1 Å². The Bertz CT molecular complexity index is 822. The van der Waals surface area contributed by atoms with Crippen LogP contribution in [0.5, 0.6) is 0 Å². The molecule has 0 aliphatic carbocycles. The van der Waals surface area contributed by atoms with Gasteiger partial charge in [-0.25, -0.2) is 14.0 Å². The summed E-state index contributed by atoms with van der Waals surface area (Å²) in [7, 11) is 1.31. The molecule has 1 unspecified atom stereocenters. The number of urea groups is 1. The van der Waals surface area contributed by atoms with E-state index in [1.54, 1.807) is 4.90 Å². The van der Waals surface area contributed by atoms with Crippen molar-refractivity contribution in [2.45, 2.75) is 31.3 Å². The van der Waals surface area contributed by atoms with E-state index in [2.05, 4.69) is 15.4 Å². The molecule has 9 nitrogen and oxygen atoms in total. The van der Waals surface area contributed by atoms with Crippen LogP contribution < -0.4 is 10.6 Å². The fourth-order valence-electron chi connectivity index (χ4n) is 3.57. The van der Waals surface area contributed by atoms with Crippen LogP contribution in [0.15, 0.2) is 24.3 Å². The Morgan fingerprint density at radius 3 is 2.45 bits per heavy atom. The third kappa shape index (κ3) is 4.15. The number of hydrogen-bond acceptors (Lipinski definition) is 5. The highest BCUT2D eigenvalue weighted by molar-refractivity contribution is 6.09. The van der Waals surface area contributed by atoms with Gasteiger partial charge in [-0.3, -0.25) is 14.5 Å². The average Bonchev–Trinajstić information content (AvgIpc) is 2.92. The Balaban J connectivity index is 1.58. The van der Waals surface area contributed by atoms with Gasteiger partial charge in [-0.15, -0.1) is 0 Å². The summed E-state index contributed by atoms with van der Waals surface area (Å²) < 4.78 is 17.8. The van der Waals surface area contributed by atoms with E-state index in [4.69, 9.17) is 0 Å². The molecule has 0 bridgehead atoms. The van der Waals surface area contributed by atoms with Crippen LogP contribution in [-0.2, 0) is 19.9 Å². The van der Waals surface area contributed by atoms with E-state index in [1.165, 1.54) is 38.3 Å². The number of halogens is 1. The first-order valence-corrected chi connectivity index (χ1v) is 9.27. The molecule has 1 aromatic carbocycles. The van der Waals surface area contributed by atoms with E-state index in [1.807, 2.05) is 0 Å². The summed E-state index contributed by atoms with van der Waals surface area (Å²) in [6.45, 7) is 1.99. The second-order valence-corrected chi connectivity index (χ2v) is 7.25. The minimum atomic E-state index is -1.36. The molecular weight excluding hydrogens is 383 g/mol. The largest absolute Gasteiger partial charge is 0.453 e. The van der Waals surface area contributed by atoms with Gasteiger partial charge in [0.05, 0.1) is 7.11 Å². The number of carbonyl (C=O) groups excluding carboxylic acids is 4. The quantitative estimate of drug-likeness (QED) is 0.724. The molecule has 156 valence electrons. The van der Waals surface area contributed by atoms with Gasteiger partial charge in [0.25, 0.3) is 5.91 Å². The second kappa shape index (κ2) is 8.06. The first-order valence-electron chi connectivity index (χ1n) is 9.27. The number of nitrogens with one attached hydrogen (secondary N) is 2. The number of piperidine rings is 1. The number of amides is 5. The summed E-state index contributed by atoms with van der Waals surface area (Å²) in [4.78, 5) is 51.4. The zero-order chi connectivity index (χ0) is 21.2. The summed E-state index contributed by atoms with van der Waals surface area (Å²) in [5, 5.41) is 5.37. The van der Waals surface area contributed by atoms with Gasteiger partial charge in [0, 0.05) is 19.1 Å². The monoisotopic (exact) mass is 406 g/mol. The molecule has 0 radical (unpaired) electrons. The molecule has 2 N–H and O–H groups in total. The molecule has 29 heavy (non-hydrogen) atoms. The van der Waals surface area contributed by atoms with E-state index in [0.29, 0.717) is 31.5 Å². The molecule has 2 saturated heterocycles. The van der Waals surface area contributed by atoms with Gasteiger partial charge in [-0.1, -0.05) is 12.1 Å². The molecule has 10 heteroatoms. The van der Waals surface area contributed by atoms with Crippen molar-refractivity contribution in [3.8, 4) is 0 Å². The number of imide groups is 1. The predicted molar refractivity (Wildman–Crippen MR) is 99.1 cm³/mol. The lowest BCUT2D eigenvalue weighted by Gasteiger charge is -2.31. The maximum Gasteiger partial charge on any atom is 0.409 e. The molecule has 0 aromatic heterocycles. The standard InChI is InChI=1S/C19H23FN4O5/c1-19(12-3-5-13(20)6-4-12)16(26)24(17(27)22-19)11-15(25)21-14-7-9-23(10-8-14)18(28)29-2/h3-6,14H,7-11H2,1-2H3,(H,21,25)(H,22,27). The lowest BCUT2D eigenvalue weighted by atomic mass is 9.92. The molecular formula is C19H23FN4O5. The van der Waals surface area contributed by atoms with Gasteiger partial charge < -0.3 is 20.3 Å². The minimum absolute atomic E-state index is 0.160. The number of likely N-dealkylation sites (tertiary alicyclic amines) is 1. The molecule has 3 rings (SSSR count). The fraction of sp³-hybridized carbons (Fsp3) is 0.474. The molecule has 0 saturated carbocycles. The Labute approximate surface area is 167 Å². The van der Waals surface area contributed by atoms with Crippen LogP contribution >= 0.6 is 0 Å². The Morgan fingerprint density at radius 2 is 1.86 bits per heavy atom. The van der Waals surface area contributed by atoms with Gasteiger partial charge in [0.15, 0.2) is 0 Å². The number of methoxy groups -OCH3 is 1. The van der Waals surface area contributed by atoms with Crippen molar-refractivity contribution < 1.29 is 28.3 Å². The molecule has 2 fully saturated rings. The summed E-state index contributed by atoms with van der Waals surface area (Å²) >= 11 is 0. The zero-order valence-corrected chi connectivity index (χ0v) is 16.2. The smallest absolute Gasteiger partial charge is 0.409 e. The summed E-state index contributed by atoms with van der Waals surface area (Å²) in [5.41, 5.74) is -0.938. The van der Waals surface area contributed by atoms with E-state index in [9.17, 15) is 23.6 Å². The van der Waals surface area contributed by atoms with Gasteiger partial charge in [0.1, 0.15) is 17.9 Å². The minimum Gasteiger partial charge on any atom is -0.453 e. The van der Waals surface area contributed by atoms with Crippen molar-refractivity contribution >= 4 is 23.9 Å². The zero-order valence-electron chi connectivity index (χ0n) is 16.2. The highest BCUT2D eigenvalue weighted by Gasteiger charge is 2.49. The Kier molecular flexibility index (Phi) is 5.71. The van der Waals surface area contributed by atoms with Crippen molar-refractivity contribution in [3.05, 3.63) is 35.6 Å². The van der Waals surface area contributed by atoms with E-state index < -0.39 is 41.8 Å². The van der Waals surface area contributed by atoms with Crippen molar-refractivity contribution in [3.63, 3.8) is 0 Å². The first-order chi connectivity index (χ1) is 13.7. The SMILES string of the molecule is COC(=O)N1CCC(NC(=O)CN2C(=O)NC(C)(c3ccc(F)cc3)C2=O)CC1. The normalized spacial score (nSPS) is 22.4. The number of hydrogen-bond donors (Lipinski definition) is 2. The summed E-state index contributed by atoms with van der Waals surface area (Å²) in [6, 6.07) is 4.41. The van der Waals surface area contributed by atoms with E-state index in [-0.39, 0.29) is 6.04 Å². The van der Waals surface area contributed by atoms with Crippen LogP contribution in [0.4, 0.5) is 14.0 Å². The van der Waals surface area contributed by atoms with Crippen molar-refractivity contribution in [2.75, 3.05) is 26.7 Å². The average molecular weight is 406 g/mol. The van der Waals surface area contributed by atoms with E-state index >= 15 is 0 Å². The van der Waals surface area contributed by atoms with Crippen molar-refractivity contribution in [1.82, 2.24) is 20.4 Å². The van der Waals surface area contributed by atoms with Crippen LogP contribution in [0.25, 0.3) is 0 Å². The predicted octanol–water partition coefficient (Wildman–Crippen LogP) is 0.940. The molecule has 0 spiro atoms. The number of benzene rings is 1. The molecule has 2 aliphatic rings. The lowest BCUT2D eigenvalue weighted by Crippen LogP contribution is -2.49. The third-order valence-corrected chi connectivity index (χ3v) is 5.29. The number of nitrogens with zero attached hydrogens (tertiary/aromatic N) is 2. The van der Waals surface area contributed by atoms with Gasteiger partial charge in [-0.05, 0) is 37.5 Å². The first kappa shape index (κ1) is 20.6. The van der Waals surface area contributed by atoms with E-state index in [0.717, 1.165) is 4.90 Å². The number of ether oxygens (including phenoxy) is 1. The van der Waals surface area contributed by atoms with Crippen LogP contribution in [0.3, 0.4) is 0 Å². The highest BCUT2D eigenvalue weighted by Crippen LogP contribution is 2.28. The maximum absolute atomic E-state index is 13.2.